The minimum atomic E-state index is -0.830. The van der Waals surface area contributed by atoms with Crippen LogP contribution < -0.4 is 10.1 Å². The van der Waals surface area contributed by atoms with E-state index in [9.17, 15) is 13.6 Å². The van der Waals surface area contributed by atoms with E-state index in [0.717, 1.165) is 23.9 Å². The van der Waals surface area contributed by atoms with E-state index in [2.05, 4.69) is 22.1 Å². The molecule has 3 aromatic rings. The molecular weight excluding hydrogens is 517 g/mol. The first kappa shape index (κ1) is 25.3. The van der Waals surface area contributed by atoms with Gasteiger partial charge in [0.2, 0.25) is 5.91 Å². The van der Waals surface area contributed by atoms with Crippen LogP contribution in [0.15, 0.2) is 48.1 Å². The summed E-state index contributed by atoms with van der Waals surface area (Å²) in [5.41, 5.74) is 0.327. The van der Waals surface area contributed by atoms with E-state index < -0.39 is 17.7 Å². The molecule has 6 nitrogen and oxygen atoms in total. The number of carbonyl (C=O) groups is 1. The van der Waals surface area contributed by atoms with Crippen molar-refractivity contribution in [2.75, 3.05) is 11.1 Å². The van der Waals surface area contributed by atoms with E-state index in [1.165, 1.54) is 18.2 Å². The second-order valence-electron chi connectivity index (χ2n) is 6.66. The summed E-state index contributed by atoms with van der Waals surface area (Å²) in [6.07, 6.45) is 0.910. The Bertz CT molecular complexity index is 1190. The lowest BCUT2D eigenvalue weighted by atomic mass is 10.3. The van der Waals surface area contributed by atoms with Crippen LogP contribution in [0.25, 0.3) is 0 Å². The first-order chi connectivity index (χ1) is 15.7. The Morgan fingerprint density at radius 2 is 1.94 bits per heavy atom. The van der Waals surface area contributed by atoms with Gasteiger partial charge in [-0.15, -0.1) is 16.8 Å². The molecule has 12 heteroatoms. The van der Waals surface area contributed by atoms with E-state index in [4.69, 9.17) is 39.5 Å². The highest BCUT2D eigenvalue weighted by Crippen LogP contribution is 2.32. The molecule has 1 aromatic heterocycles. The summed E-state index contributed by atoms with van der Waals surface area (Å²) in [6.45, 7) is 5.69. The average molecular weight is 534 g/mol. The largest absolute Gasteiger partial charge is 0.480 e. The number of benzene rings is 2. The predicted molar refractivity (Wildman–Crippen MR) is 126 cm³/mol. The van der Waals surface area contributed by atoms with E-state index in [1.54, 1.807) is 17.6 Å². The summed E-state index contributed by atoms with van der Waals surface area (Å²) >= 11 is 19.1. The monoisotopic (exact) mass is 532 g/mol. The van der Waals surface area contributed by atoms with Gasteiger partial charge in [-0.1, -0.05) is 52.6 Å². The number of rotatable bonds is 9. The summed E-state index contributed by atoms with van der Waals surface area (Å²) in [5.74, 6) is -1.63. The highest BCUT2D eigenvalue weighted by atomic mass is 35.5. The molecule has 3 rings (SSSR count). The number of allylic oxidation sites excluding steroid dienone is 1. The molecule has 1 unspecified atom stereocenters. The highest BCUT2D eigenvalue weighted by molar-refractivity contribution is 7.99. The SMILES string of the molecule is C=CCn1c(SCC(=O)Nc2cc(Cl)c(Cl)cc2Cl)nnc1C(C)Oc1ccc(F)cc1F. The molecule has 0 aliphatic heterocycles. The van der Waals surface area contributed by atoms with Crippen molar-refractivity contribution in [2.24, 2.45) is 0 Å². The van der Waals surface area contributed by atoms with Gasteiger partial charge in [-0.3, -0.25) is 9.36 Å². The zero-order valence-corrected chi connectivity index (χ0v) is 20.2. The molecule has 0 bridgehead atoms. The van der Waals surface area contributed by atoms with Crippen molar-refractivity contribution in [3.8, 4) is 5.75 Å². The molecule has 0 radical (unpaired) electrons. The average Bonchev–Trinajstić information content (AvgIpc) is 3.15. The zero-order valence-electron chi connectivity index (χ0n) is 17.1. The van der Waals surface area contributed by atoms with Crippen LogP contribution >= 0.6 is 46.6 Å². The van der Waals surface area contributed by atoms with Crippen LogP contribution in [0.3, 0.4) is 0 Å². The molecule has 0 saturated heterocycles. The van der Waals surface area contributed by atoms with Gasteiger partial charge < -0.3 is 10.1 Å². The Kier molecular flexibility index (Phi) is 8.58. The first-order valence-corrected chi connectivity index (χ1v) is 11.5. The van der Waals surface area contributed by atoms with Gasteiger partial charge in [-0.05, 0) is 31.2 Å². The lowest BCUT2D eigenvalue weighted by molar-refractivity contribution is -0.113. The third kappa shape index (κ3) is 6.38. The Morgan fingerprint density at radius 3 is 2.64 bits per heavy atom. The number of hydrogen-bond acceptors (Lipinski definition) is 5. The summed E-state index contributed by atoms with van der Waals surface area (Å²) in [7, 11) is 0. The van der Waals surface area contributed by atoms with Crippen LogP contribution in [-0.2, 0) is 11.3 Å². The van der Waals surface area contributed by atoms with Gasteiger partial charge in [0.15, 0.2) is 28.7 Å². The number of amides is 1. The van der Waals surface area contributed by atoms with Crippen molar-refractivity contribution in [1.29, 1.82) is 0 Å². The fourth-order valence-corrected chi connectivity index (χ4v) is 4.11. The van der Waals surface area contributed by atoms with Crippen LogP contribution in [0.4, 0.5) is 14.5 Å². The molecule has 174 valence electrons. The van der Waals surface area contributed by atoms with E-state index in [1.807, 2.05) is 0 Å². The summed E-state index contributed by atoms with van der Waals surface area (Å²) in [6, 6.07) is 5.92. The van der Waals surface area contributed by atoms with Crippen molar-refractivity contribution in [2.45, 2.75) is 24.7 Å². The van der Waals surface area contributed by atoms with Gasteiger partial charge in [0.05, 0.1) is 26.5 Å². The van der Waals surface area contributed by atoms with Crippen molar-refractivity contribution in [3.63, 3.8) is 0 Å². The molecular formula is C21H17Cl3F2N4O2S. The van der Waals surface area contributed by atoms with Crippen molar-refractivity contribution in [1.82, 2.24) is 14.8 Å². The topological polar surface area (TPSA) is 69.0 Å². The molecule has 1 heterocycles. The number of nitrogens with zero attached hydrogens (tertiary/aromatic N) is 3. The first-order valence-electron chi connectivity index (χ1n) is 9.42. The number of halogens is 5. The van der Waals surface area contributed by atoms with Crippen molar-refractivity contribution >= 4 is 58.2 Å². The fourth-order valence-electron chi connectivity index (χ4n) is 2.76. The quantitative estimate of drug-likeness (QED) is 0.191. The fraction of sp³-hybridized carbons (Fsp3) is 0.190. The van der Waals surface area contributed by atoms with Crippen LogP contribution in [0.5, 0.6) is 5.75 Å². The molecule has 1 N–H and O–H groups in total. The molecule has 2 aromatic carbocycles. The Labute approximate surface area is 207 Å². The molecule has 0 saturated carbocycles. The molecule has 0 fully saturated rings. The number of nitrogens with one attached hydrogen (secondary N) is 1. The molecule has 0 aliphatic carbocycles. The number of carbonyl (C=O) groups excluding carboxylic acids is 1. The number of aromatic nitrogens is 3. The summed E-state index contributed by atoms with van der Waals surface area (Å²) in [4.78, 5) is 12.4. The second-order valence-corrected chi connectivity index (χ2v) is 8.82. The van der Waals surface area contributed by atoms with E-state index in [0.29, 0.717) is 23.2 Å². The minimum absolute atomic E-state index is 0.00627. The molecule has 33 heavy (non-hydrogen) atoms. The van der Waals surface area contributed by atoms with Crippen LogP contribution in [0, 0.1) is 11.6 Å². The number of anilines is 1. The zero-order chi connectivity index (χ0) is 24.1. The maximum Gasteiger partial charge on any atom is 0.234 e. The molecule has 0 spiro atoms. The standard InChI is InChI=1S/C21H17Cl3F2N4O2S/c1-3-6-30-20(11(2)32-18-5-4-12(25)7-16(18)26)28-29-21(30)33-10-19(31)27-17-9-14(23)13(22)8-15(17)24/h3-5,7-9,11H,1,6,10H2,2H3,(H,27,31). The number of hydrogen-bond donors (Lipinski definition) is 1. The summed E-state index contributed by atoms with van der Waals surface area (Å²) in [5, 5.41) is 12.1. The minimum Gasteiger partial charge on any atom is -0.480 e. The predicted octanol–water partition coefficient (Wildman–Crippen LogP) is 6.57. The Hall–Kier alpha value is -2.33. The third-order valence-corrected chi connectivity index (χ3v) is 6.24. The third-order valence-electron chi connectivity index (χ3n) is 4.23. The van der Waals surface area contributed by atoms with Gasteiger partial charge in [-0.2, -0.15) is 0 Å². The van der Waals surface area contributed by atoms with Crippen LogP contribution in [0.2, 0.25) is 15.1 Å². The van der Waals surface area contributed by atoms with Gasteiger partial charge in [0.1, 0.15) is 5.82 Å². The van der Waals surface area contributed by atoms with Gasteiger partial charge >= 0.3 is 0 Å². The maximum absolute atomic E-state index is 13.9. The molecule has 0 aliphatic rings. The maximum atomic E-state index is 13.9. The lowest BCUT2D eigenvalue weighted by Crippen LogP contribution is -2.16. The van der Waals surface area contributed by atoms with Gasteiger partial charge in [-0.25, -0.2) is 8.78 Å². The molecule has 1 atom stereocenters. The molecule has 1 amide bonds. The second kappa shape index (κ2) is 11.2. The normalized spacial score (nSPS) is 11.8. The van der Waals surface area contributed by atoms with Crippen LogP contribution in [0.1, 0.15) is 18.9 Å². The Balaban J connectivity index is 1.70. The van der Waals surface area contributed by atoms with Gasteiger partial charge in [0.25, 0.3) is 0 Å². The number of thioether (sulfide) groups is 1. The Morgan fingerprint density at radius 1 is 1.21 bits per heavy atom. The van der Waals surface area contributed by atoms with E-state index >= 15 is 0 Å². The highest BCUT2D eigenvalue weighted by Gasteiger charge is 2.21. The number of ether oxygens (including phenoxy) is 1. The van der Waals surface area contributed by atoms with Crippen molar-refractivity contribution < 1.29 is 18.3 Å². The smallest absolute Gasteiger partial charge is 0.234 e. The van der Waals surface area contributed by atoms with Crippen LogP contribution in [-0.4, -0.2) is 26.4 Å². The van der Waals surface area contributed by atoms with Gasteiger partial charge in [0, 0.05) is 12.6 Å². The van der Waals surface area contributed by atoms with Crippen molar-refractivity contribution in [3.05, 3.63) is 75.5 Å². The van der Waals surface area contributed by atoms with E-state index in [-0.39, 0.29) is 32.5 Å². The summed E-state index contributed by atoms with van der Waals surface area (Å²) < 4.78 is 34.4. The lowest BCUT2D eigenvalue weighted by Gasteiger charge is -2.16.